The Morgan fingerprint density at radius 1 is 0.581 bits per heavy atom. The van der Waals surface area contributed by atoms with Crippen LogP contribution in [0.5, 0.6) is 0 Å². The molecule has 2 aliphatic carbocycles. The second kappa shape index (κ2) is 11.5. The summed E-state index contributed by atoms with van der Waals surface area (Å²) < 4.78 is 0. The van der Waals surface area contributed by atoms with E-state index >= 15 is 0 Å². The third-order valence-electron chi connectivity index (χ3n) is 4.87. The Bertz CT molecular complexity index is 768. The molecule has 31 heavy (non-hydrogen) atoms. The van der Waals surface area contributed by atoms with Crippen molar-refractivity contribution in [3.63, 3.8) is 0 Å². The molecule has 2 saturated carbocycles. The Morgan fingerprint density at radius 2 is 0.903 bits per heavy atom. The molecular formula is C26H22FeO4+2. The first-order chi connectivity index (χ1) is 14.4. The van der Waals surface area contributed by atoms with Gasteiger partial charge in [0.15, 0.2) is 0 Å². The predicted octanol–water partition coefficient (Wildman–Crippen LogP) is 4.57. The van der Waals surface area contributed by atoms with Crippen molar-refractivity contribution in [1.82, 2.24) is 0 Å². The first kappa shape index (κ1) is 25.2. The molecule has 0 aromatic heterocycles. The van der Waals surface area contributed by atoms with Crippen molar-refractivity contribution in [2.45, 2.75) is 13.8 Å². The molecule has 0 amide bonds. The molecule has 0 saturated heterocycles. The minimum atomic E-state index is -0.866. The van der Waals surface area contributed by atoms with Crippen LogP contribution in [-0.2, 0) is 26.7 Å². The monoisotopic (exact) mass is 454 g/mol. The summed E-state index contributed by atoms with van der Waals surface area (Å²) in [6.07, 6.45) is 7.23. The second-order valence-corrected chi connectivity index (χ2v) is 7.02. The van der Waals surface area contributed by atoms with E-state index < -0.39 is 11.9 Å². The zero-order valence-corrected chi connectivity index (χ0v) is 18.3. The molecule has 156 valence electrons. The van der Waals surface area contributed by atoms with Crippen LogP contribution in [0.4, 0.5) is 0 Å². The average Bonchev–Trinajstić information content (AvgIpc) is 3.33. The maximum atomic E-state index is 10.9. The van der Waals surface area contributed by atoms with E-state index in [2.05, 4.69) is 0 Å². The minimum absolute atomic E-state index is 0. The molecule has 4 rings (SSSR count). The Labute approximate surface area is 195 Å². The van der Waals surface area contributed by atoms with Gasteiger partial charge in [-0.05, 0) is 48.6 Å². The summed E-state index contributed by atoms with van der Waals surface area (Å²) in [5.41, 5.74) is 2.10. The van der Waals surface area contributed by atoms with E-state index in [4.69, 9.17) is 10.2 Å². The normalized spacial score (nSPS) is 18.9. The molecule has 4 nitrogen and oxygen atoms in total. The van der Waals surface area contributed by atoms with Gasteiger partial charge in [-0.15, -0.1) is 0 Å². The molecule has 2 fully saturated rings. The zero-order valence-electron chi connectivity index (χ0n) is 17.1. The van der Waals surface area contributed by atoms with Crippen LogP contribution in [0, 0.1) is 61.2 Å². The summed E-state index contributed by atoms with van der Waals surface area (Å²) in [5.74, 6) is 2.57. The number of rotatable bonds is 4. The molecule has 0 heterocycles. The van der Waals surface area contributed by atoms with Crippen LogP contribution in [0.1, 0.15) is 25.0 Å². The molecule has 2 aromatic rings. The van der Waals surface area contributed by atoms with Crippen LogP contribution < -0.4 is 0 Å². The van der Waals surface area contributed by atoms with Gasteiger partial charge in [0, 0.05) is 11.8 Å². The van der Waals surface area contributed by atoms with E-state index in [1.807, 2.05) is 87.4 Å². The van der Waals surface area contributed by atoms with Crippen LogP contribution >= 0.6 is 0 Å². The van der Waals surface area contributed by atoms with Gasteiger partial charge in [0.1, 0.15) is 0 Å². The second-order valence-electron chi connectivity index (χ2n) is 7.02. The van der Waals surface area contributed by atoms with Gasteiger partial charge < -0.3 is 10.2 Å². The Kier molecular flexibility index (Phi) is 9.33. The summed E-state index contributed by atoms with van der Waals surface area (Å²) in [7, 11) is 0. The van der Waals surface area contributed by atoms with E-state index in [1.54, 1.807) is 12.8 Å². The molecular weight excluding hydrogens is 432 g/mol. The molecule has 2 aliphatic rings. The molecule has 0 bridgehead atoms. The van der Waals surface area contributed by atoms with Crippen molar-refractivity contribution in [3.8, 4) is 0 Å². The maximum Gasteiger partial charge on any atom is 2.00 e. The Morgan fingerprint density at radius 3 is 1.16 bits per heavy atom. The number of carbonyl (C=O) groups is 2. The summed E-state index contributed by atoms with van der Waals surface area (Å²) in [5, 5.41) is 17.9. The molecule has 2 N–H and O–H groups in total. The van der Waals surface area contributed by atoms with Gasteiger partial charge in [-0.25, -0.2) is 0 Å². The molecule has 0 aliphatic heterocycles. The summed E-state index contributed by atoms with van der Waals surface area (Å²) in [4.78, 5) is 21.7. The fourth-order valence-electron chi connectivity index (χ4n) is 3.30. The number of aliphatic carboxylic acids is 2. The van der Waals surface area contributed by atoms with Crippen molar-refractivity contribution in [1.29, 1.82) is 0 Å². The smallest absolute Gasteiger partial charge is 0.481 e. The number of hydrogen-bond donors (Lipinski definition) is 2. The van der Waals surface area contributed by atoms with E-state index in [0.29, 0.717) is 11.8 Å². The molecule has 2 aromatic carbocycles. The van der Waals surface area contributed by atoms with E-state index in [-0.39, 0.29) is 17.1 Å². The maximum absolute atomic E-state index is 10.9. The summed E-state index contributed by atoms with van der Waals surface area (Å²) in [6.45, 7) is 3.63. The van der Waals surface area contributed by atoms with E-state index in [9.17, 15) is 9.59 Å². The van der Waals surface area contributed by atoms with Crippen LogP contribution in [0.15, 0.2) is 60.7 Å². The van der Waals surface area contributed by atoms with Crippen molar-refractivity contribution < 1.29 is 36.9 Å². The first-order valence-corrected chi connectivity index (χ1v) is 9.49. The Balaban J connectivity index is 0.000000213. The fraction of sp³-hybridized carbons (Fsp3) is 0.0769. The van der Waals surface area contributed by atoms with Gasteiger partial charge in [-0.1, -0.05) is 74.5 Å². The van der Waals surface area contributed by atoms with Gasteiger partial charge in [-0.2, -0.15) is 0 Å². The van der Waals surface area contributed by atoms with Crippen LogP contribution in [0.25, 0.3) is 0 Å². The third-order valence-corrected chi connectivity index (χ3v) is 4.87. The number of carboxylic acid groups (broad SMARTS) is 2. The van der Waals surface area contributed by atoms with Crippen LogP contribution in [0.3, 0.4) is 0 Å². The van der Waals surface area contributed by atoms with Crippen molar-refractivity contribution in [2.75, 3.05) is 0 Å². The molecule has 0 spiro atoms. The SMILES string of the molecule is C[C]1[CH][C](c2ccccc2)[CH][C]1C(=O)O.C[C]1[CH][C](c2ccccc2)[CH][C]1C(=O)O.[Fe+2]. The van der Waals surface area contributed by atoms with Crippen LogP contribution in [0.2, 0.25) is 0 Å². The Hall–Kier alpha value is -2.10. The quantitative estimate of drug-likeness (QED) is 0.664. The van der Waals surface area contributed by atoms with Gasteiger partial charge in [-0.3, -0.25) is 9.59 Å². The van der Waals surface area contributed by atoms with Crippen molar-refractivity contribution in [2.24, 2.45) is 0 Å². The van der Waals surface area contributed by atoms with E-state index in [1.165, 1.54) is 0 Å². The number of carboxylic acids is 2. The molecule has 0 unspecified atom stereocenters. The average molecular weight is 454 g/mol. The van der Waals surface area contributed by atoms with Gasteiger partial charge in [0.2, 0.25) is 0 Å². The van der Waals surface area contributed by atoms with Gasteiger partial charge in [0.05, 0.1) is 11.8 Å². The van der Waals surface area contributed by atoms with Crippen LogP contribution in [-0.4, -0.2) is 22.2 Å². The summed E-state index contributed by atoms with van der Waals surface area (Å²) >= 11 is 0. The van der Waals surface area contributed by atoms with E-state index in [0.717, 1.165) is 34.8 Å². The molecule has 10 radical (unpaired) electrons. The van der Waals surface area contributed by atoms with Gasteiger partial charge in [0.25, 0.3) is 0 Å². The molecule has 0 atom stereocenters. The van der Waals surface area contributed by atoms with Crippen molar-refractivity contribution in [3.05, 3.63) is 133 Å². The molecule has 5 heteroatoms. The fourth-order valence-corrected chi connectivity index (χ4v) is 3.30. The number of hydrogen-bond acceptors (Lipinski definition) is 2. The third kappa shape index (κ3) is 6.44. The topological polar surface area (TPSA) is 74.6 Å². The minimum Gasteiger partial charge on any atom is -0.481 e. The van der Waals surface area contributed by atoms with Gasteiger partial charge >= 0.3 is 29.0 Å². The zero-order chi connectivity index (χ0) is 21.7. The first-order valence-electron chi connectivity index (χ1n) is 9.49. The largest absolute Gasteiger partial charge is 2.00 e. The summed E-state index contributed by atoms with van der Waals surface area (Å²) in [6, 6.07) is 19.5. The number of benzene rings is 2. The van der Waals surface area contributed by atoms with Crippen molar-refractivity contribution >= 4 is 11.9 Å². The predicted molar refractivity (Wildman–Crippen MR) is 114 cm³/mol. The standard InChI is InChI=1S/2C13H11O2.Fe/c2*1-9-7-11(8-12(9)13(14)15)10-5-3-2-4-6-10;/h2*2-8H,1H3,(H,14,15);/q;;+2.